The van der Waals surface area contributed by atoms with Crippen LogP contribution in [0.15, 0.2) is 32.8 Å². The van der Waals surface area contributed by atoms with Gasteiger partial charge in [0.05, 0.1) is 14.0 Å². The van der Waals surface area contributed by atoms with Gasteiger partial charge in [0.15, 0.2) is 11.6 Å². The van der Waals surface area contributed by atoms with Crippen molar-refractivity contribution in [2.75, 3.05) is 0 Å². The first kappa shape index (κ1) is 12.4. The summed E-state index contributed by atoms with van der Waals surface area (Å²) in [6.07, 6.45) is 0. The van der Waals surface area contributed by atoms with Crippen molar-refractivity contribution in [2.45, 2.75) is 0 Å². The summed E-state index contributed by atoms with van der Waals surface area (Å²) in [7, 11) is 0. The molecule has 0 atom stereocenters. The fourth-order valence-electron chi connectivity index (χ4n) is 1.79. The number of hydrogen-bond donors (Lipinski definition) is 1. The average Bonchev–Trinajstić information content (AvgIpc) is 2.79. The monoisotopic (exact) mass is 342 g/mol. The number of rotatable bonds is 1. The van der Waals surface area contributed by atoms with Crippen molar-refractivity contribution < 1.29 is 8.78 Å². The third-order valence-corrected chi connectivity index (χ3v) is 4.27. The van der Waals surface area contributed by atoms with Gasteiger partial charge in [-0.25, -0.2) is 13.9 Å². The molecule has 0 bridgehead atoms. The van der Waals surface area contributed by atoms with Crippen LogP contribution in [0.4, 0.5) is 8.78 Å². The Hall–Kier alpha value is -1.60. The second kappa shape index (κ2) is 4.50. The van der Waals surface area contributed by atoms with Gasteiger partial charge in [-0.1, -0.05) is 0 Å². The molecule has 0 spiro atoms. The first-order valence-corrected chi connectivity index (χ1v) is 6.80. The van der Waals surface area contributed by atoms with Gasteiger partial charge in [0.2, 0.25) is 0 Å². The van der Waals surface area contributed by atoms with Crippen LogP contribution < -0.4 is 5.56 Å². The maximum atomic E-state index is 13.4. The van der Waals surface area contributed by atoms with Gasteiger partial charge >= 0.3 is 0 Å². The molecule has 2 aromatic heterocycles. The van der Waals surface area contributed by atoms with Gasteiger partial charge in [0.1, 0.15) is 5.69 Å². The van der Waals surface area contributed by atoms with Gasteiger partial charge in [0.25, 0.3) is 5.56 Å². The average molecular weight is 343 g/mol. The summed E-state index contributed by atoms with van der Waals surface area (Å²) in [6.45, 7) is 0. The van der Waals surface area contributed by atoms with Crippen LogP contribution in [-0.4, -0.2) is 10.2 Å². The SMILES string of the molecule is O=c1[nH]nc(-c2ccc(Br)s2)c2cc(F)c(F)cc12. The van der Waals surface area contributed by atoms with Crippen LogP contribution in [0.25, 0.3) is 21.3 Å². The van der Waals surface area contributed by atoms with E-state index in [0.717, 1.165) is 20.8 Å². The molecule has 96 valence electrons. The maximum Gasteiger partial charge on any atom is 0.272 e. The van der Waals surface area contributed by atoms with Crippen LogP contribution >= 0.6 is 27.3 Å². The largest absolute Gasteiger partial charge is 0.272 e. The van der Waals surface area contributed by atoms with Crippen molar-refractivity contribution in [3.63, 3.8) is 0 Å². The molecule has 1 N–H and O–H groups in total. The summed E-state index contributed by atoms with van der Waals surface area (Å²) >= 11 is 4.71. The molecule has 0 unspecified atom stereocenters. The molecular formula is C12H5BrF2N2OS. The molecule has 3 rings (SSSR count). The highest BCUT2D eigenvalue weighted by Gasteiger charge is 2.14. The molecule has 7 heteroatoms. The Morgan fingerprint density at radius 3 is 2.47 bits per heavy atom. The molecule has 0 saturated heterocycles. The Bertz CT molecular complexity index is 843. The van der Waals surface area contributed by atoms with E-state index in [9.17, 15) is 13.6 Å². The highest BCUT2D eigenvalue weighted by Crippen LogP contribution is 2.33. The normalized spacial score (nSPS) is 11.1. The Kier molecular flexibility index (Phi) is 2.94. The third kappa shape index (κ3) is 2.08. The van der Waals surface area contributed by atoms with E-state index in [-0.39, 0.29) is 10.8 Å². The van der Waals surface area contributed by atoms with Crippen LogP contribution in [0.5, 0.6) is 0 Å². The van der Waals surface area contributed by atoms with E-state index in [1.807, 2.05) is 6.07 Å². The third-order valence-electron chi connectivity index (χ3n) is 2.64. The lowest BCUT2D eigenvalue weighted by Crippen LogP contribution is -2.10. The molecule has 0 aliphatic heterocycles. The fourth-order valence-corrected chi connectivity index (χ4v) is 3.18. The Labute approximate surface area is 118 Å². The molecule has 0 amide bonds. The number of H-pyrrole nitrogens is 1. The topological polar surface area (TPSA) is 45.8 Å². The van der Waals surface area contributed by atoms with E-state index in [0.29, 0.717) is 5.69 Å². The van der Waals surface area contributed by atoms with Crippen LogP contribution in [0.1, 0.15) is 0 Å². The number of benzene rings is 1. The summed E-state index contributed by atoms with van der Waals surface area (Å²) in [6, 6.07) is 5.49. The molecule has 1 aromatic carbocycles. The van der Waals surface area contributed by atoms with Crippen LogP contribution in [0.3, 0.4) is 0 Å². The Balaban J connectivity index is 2.41. The summed E-state index contributed by atoms with van der Waals surface area (Å²) in [4.78, 5) is 12.4. The summed E-state index contributed by atoms with van der Waals surface area (Å²) < 4.78 is 27.5. The van der Waals surface area contributed by atoms with Crippen molar-refractivity contribution in [1.29, 1.82) is 0 Å². The molecule has 3 nitrogen and oxygen atoms in total. The first-order valence-electron chi connectivity index (χ1n) is 5.19. The van der Waals surface area contributed by atoms with Crippen molar-refractivity contribution >= 4 is 38.0 Å². The highest BCUT2D eigenvalue weighted by molar-refractivity contribution is 9.11. The predicted octanol–water partition coefficient (Wildman–Crippen LogP) is 3.69. The number of thiophene rings is 1. The van der Waals surface area contributed by atoms with E-state index in [1.54, 1.807) is 6.07 Å². The minimum absolute atomic E-state index is 0.0772. The van der Waals surface area contributed by atoms with Crippen LogP contribution in [0, 0.1) is 11.6 Å². The molecular weight excluding hydrogens is 338 g/mol. The zero-order chi connectivity index (χ0) is 13.6. The lowest BCUT2D eigenvalue weighted by molar-refractivity contribution is 0.511. The molecule has 0 radical (unpaired) electrons. The summed E-state index contributed by atoms with van der Waals surface area (Å²) in [5.74, 6) is -2.06. The van der Waals surface area contributed by atoms with E-state index in [4.69, 9.17) is 0 Å². The molecule has 0 saturated carbocycles. The van der Waals surface area contributed by atoms with E-state index >= 15 is 0 Å². The molecule has 0 fully saturated rings. The lowest BCUT2D eigenvalue weighted by atomic mass is 10.1. The van der Waals surface area contributed by atoms with Gasteiger partial charge in [0, 0.05) is 5.39 Å². The van der Waals surface area contributed by atoms with Gasteiger partial charge in [-0.3, -0.25) is 4.79 Å². The predicted molar refractivity (Wildman–Crippen MR) is 73.3 cm³/mol. The van der Waals surface area contributed by atoms with E-state index < -0.39 is 17.2 Å². The highest BCUT2D eigenvalue weighted by atomic mass is 79.9. The minimum atomic E-state index is -1.05. The standard InChI is InChI=1S/C12H5BrF2N2OS/c13-10-2-1-9(19-10)11-5-3-7(14)8(15)4-6(5)12(18)17-16-11/h1-4H,(H,17,18). The zero-order valence-electron chi connectivity index (χ0n) is 9.21. The number of aromatic amines is 1. The number of halogens is 3. The summed E-state index contributed by atoms with van der Waals surface area (Å²) in [5.41, 5.74) is -0.127. The molecule has 0 aliphatic rings. The Morgan fingerprint density at radius 2 is 1.84 bits per heavy atom. The number of hydrogen-bond acceptors (Lipinski definition) is 3. The fraction of sp³-hybridized carbons (Fsp3) is 0. The molecule has 3 aromatic rings. The molecule has 0 aliphatic carbocycles. The second-order valence-electron chi connectivity index (χ2n) is 3.82. The quantitative estimate of drug-likeness (QED) is 0.732. The second-order valence-corrected chi connectivity index (χ2v) is 6.28. The molecule has 2 heterocycles. The maximum absolute atomic E-state index is 13.4. The zero-order valence-corrected chi connectivity index (χ0v) is 11.6. The van der Waals surface area contributed by atoms with Crippen molar-refractivity contribution in [2.24, 2.45) is 0 Å². The number of aromatic nitrogens is 2. The van der Waals surface area contributed by atoms with E-state index in [2.05, 4.69) is 26.1 Å². The molecule has 19 heavy (non-hydrogen) atoms. The summed E-state index contributed by atoms with van der Waals surface area (Å²) in [5, 5.41) is 6.58. The van der Waals surface area contributed by atoms with Crippen LogP contribution in [-0.2, 0) is 0 Å². The number of nitrogens with zero attached hydrogens (tertiary/aromatic N) is 1. The van der Waals surface area contributed by atoms with E-state index in [1.165, 1.54) is 11.3 Å². The van der Waals surface area contributed by atoms with Gasteiger partial charge < -0.3 is 0 Å². The Morgan fingerprint density at radius 1 is 1.16 bits per heavy atom. The van der Waals surface area contributed by atoms with Crippen molar-refractivity contribution in [1.82, 2.24) is 10.2 Å². The number of nitrogens with one attached hydrogen (secondary N) is 1. The number of fused-ring (bicyclic) bond motifs is 1. The smallest absolute Gasteiger partial charge is 0.267 e. The van der Waals surface area contributed by atoms with Gasteiger partial charge in [-0.2, -0.15) is 5.10 Å². The lowest BCUT2D eigenvalue weighted by Gasteiger charge is -2.03. The van der Waals surface area contributed by atoms with Gasteiger partial charge in [-0.15, -0.1) is 11.3 Å². The van der Waals surface area contributed by atoms with Gasteiger partial charge in [-0.05, 0) is 40.2 Å². The van der Waals surface area contributed by atoms with Crippen LogP contribution in [0.2, 0.25) is 0 Å². The van der Waals surface area contributed by atoms with Crippen molar-refractivity contribution in [3.8, 4) is 10.6 Å². The first-order chi connectivity index (χ1) is 9.06. The van der Waals surface area contributed by atoms with Crippen molar-refractivity contribution in [3.05, 3.63) is 50.0 Å². The minimum Gasteiger partial charge on any atom is -0.267 e.